The summed E-state index contributed by atoms with van der Waals surface area (Å²) in [5, 5.41) is 8.94. The minimum absolute atomic E-state index is 0.0294. The van der Waals surface area contributed by atoms with E-state index >= 15 is 0 Å². The lowest BCUT2D eigenvalue weighted by atomic mass is 10.1. The largest absolute Gasteiger partial charge is 0.477 e. The molecule has 88 valence electrons. The van der Waals surface area contributed by atoms with Crippen molar-refractivity contribution in [2.75, 3.05) is 0 Å². The van der Waals surface area contributed by atoms with Crippen LogP contribution < -0.4 is 0 Å². The minimum Gasteiger partial charge on any atom is -0.477 e. The highest BCUT2D eigenvalue weighted by molar-refractivity contribution is 7.71. The second-order valence-corrected chi connectivity index (χ2v) is 3.91. The molecule has 0 atom stereocenters. The molecule has 0 spiro atoms. The van der Waals surface area contributed by atoms with Gasteiger partial charge in [0.2, 0.25) is 0 Å². The number of imidazole rings is 1. The summed E-state index contributed by atoms with van der Waals surface area (Å²) in [6, 6.07) is 6.21. The summed E-state index contributed by atoms with van der Waals surface area (Å²) in [6.45, 7) is 0. The second-order valence-electron chi connectivity index (χ2n) is 3.51. The summed E-state index contributed by atoms with van der Waals surface area (Å²) in [7, 11) is 0. The van der Waals surface area contributed by atoms with Crippen LogP contribution in [0.15, 0.2) is 24.3 Å². The lowest BCUT2D eigenvalue weighted by molar-refractivity contribution is 0.0690. The SMILES string of the molecule is O=C(O)c1[nH]c(=S)[nH]c1Cc1ccccc1F. The van der Waals surface area contributed by atoms with Crippen molar-refractivity contribution in [3.05, 3.63) is 51.8 Å². The van der Waals surface area contributed by atoms with Crippen LogP contribution in [-0.2, 0) is 6.42 Å². The quantitative estimate of drug-likeness (QED) is 0.735. The minimum atomic E-state index is -1.12. The first-order valence-corrected chi connectivity index (χ1v) is 5.26. The number of carboxylic acid groups (broad SMARTS) is 1. The Labute approximate surface area is 101 Å². The smallest absolute Gasteiger partial charge is 0.354 e. The average Bonchev–Trinajstić information content (AvgIpc) is 2.63. The van der Waals surface area contributed by atoms with Crippen molar-refractivity contribution in [1.29, 1.82) is 0 Å². The normalized spacial score (nSPS) is 10.4. The van der Waals surface area contributed by atoms with Gasteiger partial charge >= 0.3 is 5.97 Å². The first kappa shape index (κ1) is 11.5. The molecule has 0 saturated carbocycles. The van der Waals surface area contributed by atoms with E-state index in [0.717, 1.165) is 0 Å². The number of benzene rings is 1. The van der Waals surface area contributed by atoms with Crippen LogP contribution in [0.4, 0.5) is 4.39 Å². The van der Waals surface area contributed by atoms with Crippen LogP contribution in [0.1, 0.15) is 21.7 Å². The van der Waals surface area contributed by atoms with Crippen molar-refractivity contribution in [3.8, 4) is 0 Å². The average molecular weight is 252 g/mol. The number of aromatic amines is 2. The second kappa shape index (κ2) is 4.50. The fourth-order valence-corrected chi connectivity index (χ4v) is 1.79. The molecular formula is C11H9FN2O2S. The molecule has 2 rings (SSSR count). The topological polar surface area (TPSA) is 68.9 Å². The Kier molecular flexibility index (Phi) is 3.06. The fraction of sp³-hybridized carbons (Fsp3) is 0.0909. The molecule has 17 heavy (non-hydrogen) atoms. The number of aromatic carboxylic acids is 1. The van der Waals surface area contributed by atoms with E-state index in [0.29, 0.717) is 11.3 Å². The van der Waals surface area contributed by atoms with E-state index in [4.69, 9.17) is 17.3 Å². The third-order valence-corrected chi connectivity index (χ3v) is 2.55. The van der Waals surface area contributed by atoms with Crippen molar-refractivity contribution >= 4 is 18.2 Å². The van der Waals surface area contributed by atoms with Crippen LogP contribution in [-0.4, -0.2) is 21.0 Å². The Morgan fingerprint density at radius 2 is 2.06 bits per heavy atom. The summed E-state index contributed by atoms with van der Waals surface area (Å²) in [4.78, 5) is 16.2. The van der Waals surface area contributed by atoms with Gasteiger partial charge in [0.05, 0.1) is 5.69 Å². The van der Waals surface area contributed by atoms with Crippen LogP contribution in [0.25, 0.3) is 0 Å². The molecule has 0 aliphatic carbocycles. The first-order chi connectivity index (χ1) is 8.08. The van der Waals surface area contributed by atoms with Gasteiger partial charge in [-0.25, -0.2) is 9.18 Å². The highest BCUT2D eigenvalue weighted by Gasteiger charge is 2.14. The Hall–Kier alpha value is -1.95. The summed E-state index contributed by atoms with van der Waals surface area (Å²) in [5.74, 6) is -1.49. The van der Waals surface area contributed by atoms with E-state index in [9.17, 15) is 9.18 Å². The van der Waals surface area contributed by atoms with Crippen LogP contribution in [0.3, 0.4) is 0 Å². The van der Waals surface area contributed by atoms with E-state index in [1.165, 1.54) is 6.07 Å². The third kappa shape index (κ3) is 2.42. The van der Waals surface area contributed by atoms with Gasteiger partial charge in [-0.2, -0.15) is 0 Å². The van der Waals surface area contributed by atoms with Gasteiger partial charge in [0.1, 0.15) is 11.5 Å². The van der Waals surface area contributed by atoms with Gasteiger partial charge in [0, 0.05) is 6.42 Å². The van der Waals surface area contributed by atoms with E-state index in [1.807, 2.05) is 0 Å². The van der Waals surface area contributed by atoms with Gasteiger partial charge in [-0.05, 0) is 23.8 Å². The van der Waals surface area contributed by atoms with Crippen LogP contribution in [0.5, 0.6) is 0 Å². The standard InChI is InChI=1S/C11H9FN2O2S/c12-7-4-2-1-3-6(7)5-8-9(10(15)16)14-11(17)13-8/h1-4H,5H2,(H,15,16)(H2,13,14,17). The molecule has 1 aromatic carbocycles. The maximum atomic E-state index is 13.4. The molecule has 1 aromatic heterocycles. The number of carboxylic acids is 1. The first-order valence-electron chi connectivity index (χ1n) is 4.86. The molecule has 4 nitrogen and oxygen atoms in total. The van der Waals surface area contributed by atoms with Gasteiger partial charge in [0.25, 0.3) is 0 Å². The van der Waals surface area contributed by atoms with Crippen molar-refractivity contribution in [1.82, 2.24) is 9.97 Å². The number of halogens is 1. The maximum absolute atomic E-state index is 13.4. The molecule has 0 amide bonds. The Morgan fingerprint density at radius 1 is 1.35 bits per heavy atom. The molecule has 0 aliphatic heterocycles. The lowest BCUT2D eigenvalue weighted by Crippen LogP contribution is -2.03. The molecule has 2 aromatic rings. The predicted octanol–water partition coefficient (Wildman–Crippen LogP) is 2.50. The number of hydrogen-bond acceptors (Lipinski definition) is 2. The Morgan fingerprint density at radius 3 is 2.71 bits per heavy atom. The van der Waals surface area contributed by atoms with Crippen molar-refractivity contribution in [2.45, 2.75) is 6.42 Å². The van der Waals surface area contributed by atoms with Crippen LogP contribution >= 0.6 is 12.2 Å². The third-order valence-electron chi connectivity index (χ3n) is 2.34. The molecule has 0 aliphatic rings. The number of aromatic nitrogens is 2. The molecular weight excluding hydrogens is 243 g/mol. The van der Waals surface area contributed by atoms with Gasteiger partial charge in [-0.1, -0.05) is 18.2 Å². The van der Waals surface area contributed by atoms with Crippen molar-refractivity contribution in [2.24, 2.45) is 0 Å². The summed E-state index contributed by atoms with van der Waals surface area (Å²) >= 11 is 4.82. The summed E-state index contributed by atoms with van der Waals surface area (Å²) in [6.07, 6.45) is 0.154. The number of rotatable bonds is 3. The van der Waals surface area contributed by atoms with Crippen LogP contribution in [0, 0.1) is 10.6 Å². The summed E-state index contributed by atoms with van der Waals surface area (Å²) in [5.41, 5.74) is 0.756. The number of hydrogen-bond donors (Lipinski definition) is 3. The van der Waals surface area contributed by atoms with E-state index in [2.05, 4.69) is 9.97 Å². The Balaban J connectivity index is 2.40. The van der Waals surface area contributed by atoms with E-state index < -0.39 is 5.97 Å². The lowest BCUT2D eigenvalue weighted by Gasteiger charge is -2.01. The molecule has 1 heterocycles. The molecule has 0 saturated heterocycles. The highest BCUT2D eigenvalue weighted by atomic mass is 32.1. The molecule has 0 bridgehead atoms. The Bertz CT molecular complexity index is 618. The van der Waals surface area contributed by atoms with Crippen LogP contribution in [0.2, 0.25) is 0 Å². The monoisotopic (exact) mass is 252 g/mol. The van der Waals surface area contributed by atoms with Crippen molar-refractivity contribution in [3.63, 3.8) is 0 Å². The molecule has 0 unspecified atom stereocenters. The maximum Gasteiger partial charge on any atom is 0.354 e. The molecule has 0 fully saturated rings. The summed E-state index contributed by atoms with van der Waals surface area (Å²) < 4.78 is 13.6. The van der Waals surface area contributed by atoms with Gasteiger partial charge in [-0.15, -0.1) is 0 Å². The van der Waals surface area contributed by atoms with E-state index in [-0.39, 0.29) is 22.7 Å². The fourth-order valence-electron chi connectivity index (χ4n) is 1.57. The molecule has 6 heteroatoms. The van der Waals surface area contributed by atoms with Gasteiger partial charge < -0.3 is 15.1 Å². The van der Waals surface area contributed by atoms with E-state index in [1.54, 1.807) is 18.2 Å². The van der Waals surface area contributed by atoms with Gasteiger partial charge in [0.15, 0.2) is 4.77 Å². The van der Waals surface area contributed by atoms with Crippen molar-refractivity contribution < 1.29 is 14.3 Å². The molecule has 0 radical (unpaired) electrons. The zero-order chi connectivity index (χ0) is 12.4. The van der Waals surface area contributed by atoms with Gasteiger partial charge in [-0.3, -0.25) is 0 Å². The zero-order valence-corrected chi connectivity index (χ0v) is 9.47. The number of nitrogens with one attached hydrogen (secondary N) is 2. The number of carbonyl (C=O) groups is 1. The molecule has 3 N–H and O–H groups in total. The predicted molar refractivity (Wildman–Crippen MR) is 62.1 cm³/mol. The number of H-pyrrole nitrogens is 2. The highest BCUT2D eigenvalue weighted by Crippen LogP contribution is 2.14. The zero-order valence-electron chi connectivity index (χ0n) is 8.66.